The van der Waals surface area contributed by atoms with Crippen LogP contribution in [0.4, 0.5) is 0 Å². The number of hydrogen-bond acceptors (Lipinski definition) is 13. The Morgan fingerprint density at radius 1 is 0.534 bits per heavy atom. The normalized spacial score (nSPS) is 15.7. The van der Waals surface area contributed by atoms with E-state index in [4.69, 9.17) is 22.9 Å². The summed E-state index contributed by atoms with van der Waals surface area (Å²) in [6.45, 7) is 7.76. The molecular formula is C34H58N10O14. The number of aliphatic carboxylic acids is 2. The van der Waals surface area contributed by atoms with Crippen molar-refractivity contribution in [1.29, 1.82) is 0 Å². The third kappa shape index (κ3) is 19.8. The molecule has 0 rings (SSSR count). The van der Waals surface area contributed by atoms with Gasteiger partial charge >= 0.3 is 11.9 Å². The molecule has 9 atom stereocenters. The second-order valence-corrected chi connectivity index (χ2v) is 14.2. The number of primary amides is 3. The van der Waals surface area contributed by atoms with Gasteiger partial charge in [0.15, 0.2) is 0 Å². The summed E-state index contributed by atoms with van der Waals surface area (Å²) in [6.07, 6.45) is -5.02. The maximum absolute atomic E-state index is 13.7. The summed E-state index contributed by atoms with van der Waals surface area (Å²) in [7, 11) is 0. The molecule has 0 aliphatic carbocycles. The molecule has 0 radical (unpaired) electrons. The fraction of sp³-hybridized carbons (Fsp3) is 0.676. The van der Waals surface area contributed by atoms with E-state index in [0.717, 1.165) is 0 Å². The van der Waals surface area contributed by atoms with Crippen LogP contribution in [0.1, 0.15) is 86.0 Å². The molecule has 0 saturated carbocycles. The highest BCUT2D eigenvalue weighted by Crippen LogP contribution is 2.12. The Morgan fingerprint density at radius 3 is 1.40 bits per heavy atom. The van der Waals surface area contributed by atoms with E-state index < -0.39 is 158 Å². The molecule has 0 aliphatic rings. The minimum absolute atomic E-state index is 0.0934. The first-order chi connectivity index (χ1) is 26.8. The summed E-state index contributed by atoms with van der Waals surface area (Å²) in [4.78, 5) is 138. The molecule has 0 bridgehead atoms. The smallest absolute Gasteiger partial charge is 0.305 e. The number of aliphatic hydroxyl groups is 1. The molecule has 24 heteroatoms. The summed E-state index contributed by atoms with van der Waals surface area (Å²) < 4.78 is 0. The van der Waals surface area contributed by atoms with Gasteiger partial charge in [-0.2, -0.15) is 0 Å². The molecule has 0 aromatic rings. The van der Waals surface area contributed by atoms with Crippen LogP contribution in [0.2, 0.25) is 0 Å². The maximum Gasteiger partial charge on any atom is 0.305 e. The minimum Gasteiger partial charge on any atom is -0.481 e. The number of carboxylic acids is 2. The van der Waals surface area contributed by atoms with Crippen LogP contribution in [0.5, 0.6) is 0 Å². The molecule has 9 amide bonds. The summed E-state index contributed by atoms with van der Waals surface area (Å²) >= 11 is 0. The summed E-state index contributed by atoms with van der Waals surface area (Å²) in [6, 6.07) is -11.3. The molecule has 0 saturated heterocycles. The van der Waals surface area contributed by atoms with Gasteiger partial charge in [-0.15, -0.1) is 0 Å². The van der Waals surface area contributed by atoms with Gasteiger partial charge in [0.05, 0.1) is 18.9 Å². The topological polar surface area (TPSA) is 425 Å². The van der Waals surface area contributed by atoms with Gasteiger partial charge in [0, 0.05) is 12.8 Å². The van der Waals surface area contributed by atoms with E-state index in [1.165, 1.54) is 13.8 Å². The highest BCUT2D eigenvalue weighted by Gasteiger charge is 2.36. The summed E-state index contributed by atoms with van der Waals surface area (Å²) in [5, 5.41) is 42.0. The lowest BCUT2D eigenvalue weighted by atomic mass is 9.96. The largest absolute Gasteiger partial charge is 0.481 e. The average Bonchev–Trinajstić information content (AvgIpc) is 3.10. The second kappa shape index (κ2) is 25.4. The van der Waals surface area contributed by atoms with E-state index in [9.17, 15) is 68.1 Å². The van der Waals surface area contributed by atoms with Gasteiger partial charge in [0.1, 0.15) is 42.3 Å². The third-order valence-electron chi connectivity index (χ3n) is 8.62. The van der Waals surface area contributed by atoms with Crippen molar-refractivity contribution in [2.75, 3.05) is 0 Å². The van der Waals surface area contributed by atoms with Crippen LogP contribution in [0.15, 0.2) is 0 Å². The van der Waals surface area contributed by atoms with Crippen molar-refractivity contribution in [3.05, 3.63) is 0 Å². The zero-order chi connectivity index (χ0) is 45.0. The molecule has 0 aliphatic heterocycles. The first kappa shape index (κ1) is 52.1. The minimum atomic E-state index is -1.93. The maximum atomic E-state index is 13.7. The van der Waals surface area contributed by atoms with Crippen LogP contribution in [0.3, 0.4) is 0 Å². The van der Waals surface area contributed by atoms with E-state index in [1.807, 2.05) is 0 Å². The summed E-state index contributed by atoms with van der Waals surface area (Å²) in [5.41, 5.74) is 21.5. The van der Waals surface area contributed by atoms with Gasteiger partial charge in [-0.3, -0.25) is 52.7 Å². The van der Waals surface area contributed by atoms with Crippen molar-refractivity contribution in [3.63, 3.8) is 0 Å². The van der Waals surface area contributed by atoms with Crippen LogP contribution in [-0.2, 0) is 52.7 Å². The molecule has 58 heavy (non-hydrogen) atoms. The van der Waals surface area contributed by atoms with Crippen molar-refractivity contribution in [2.24, 2.45) is 34.8 Å². The van der Waals surface area contributed by atoms with Gasteiger partial charge in [0.2, 0.25) is 53.2 Å². The molecule has 0 spiro atoms. The number of nitrogens with two attached hydrogens (primary N) is 4. The number of hydrogen-bond donors (Lipinski definition) is 13. The van der Waals surface area contributed by atoms with E-state index in [2.05, 4.69) is 31.9 Å². The van der Waals surface area contributed by atoms with Gasteiger partial charge < -0.3 is 70.2 Å². The van der Waals surface area contributed by atoms with Crippen LogP contribution in [0, 0.1) is 11.8 Å². The predicted molar refractivity (Wildman–Crippen MR) is 201 cm³/mol. The van der Waals surface area contributed by atoms with Crippen molar-refractivity contribution in [3.8, 4) is 0 Å². The van der Waals surface area contributed by atoms with E-state index in [0.29, 0.717) is 0 Å². The molecule has 17 N–H and O–H groups in total. The zero-order valence-electron chi connectivity index (χ0n) is 33.1. The van der Waals surface area contributed by atoms with Crippen LogP contribution in [0.25, 0.3) is 0 Å². The molecule has 0 heterocycles. The number of aliphatic hydroxyl groups excluding tert-OH is 1. The van der Waals surface area contributed by atoms with Crippen LogP contribution in [-0.4, -0.2) is 129 Å². The molecule has 24 nitrogen and oxygen atoms in total. The first-order valence-corrected chi connectivity index (χ1v) is 18.4. The molecule has 0 aromatic carbocycles. The standard InChI is InChI=1S/C34H58N10O14/c1-6-15(4)27(44-32(56)20(12-23(36)47)42-30(54)17(7-9-22(35)46)40-33(57)26(37)16(5)45)34(58)43-21(13-25(50)51)31(55)39-18(8-10-24(48)49)29(53)41-19(28(38)52)11-14(2)3/h14-21,26-27,45H,6-13,37H2,1-5H3,(H2,35,46)(H2,36,47)(H2,38,52)(H,39,55)(H,40,57)(H,41,53)(H,42,54)(H,43,58)(H,44,56)(H,48,49)(H,50,51)/t15-,16+,17-,18-,19-,20-,21-,26-,27-/m0/s1. The van der Waals surface area contributed by atoms with Crippen molar-refractivity contribution < 1.29 is 68.1 Å². The fourth-order valence-electron chi connectivity index (χ4n) is 5.13. The lowest BCUT2D eigenvalue weighted by Crippen LogP contribution is -2.61. The number of carboxylic acid groups (broad SMARTS) is 2. The van der Waals surface area contributed by atoms with Gasteiger partial charge in [0.25, 0.3) is 0 Å². The van der Waals surface area contributed by atoms with Crippen molar-refractivity contribution in [2.45, 2.75) is 134 Å². The fourth-order valence-corrected chi connectivity index (χ4v) is 5.13. The van der Waals surface area contributed by atoms with E-state index >= 15 is 0 Å². The molecule has 0 aromatic heterocycles. The van der Waals surface area contributed by atoms with Gasteiger partial charge in [-0.25, -0.2) is 0 Å². The summed E-state index contributed by atoms with van der Waals surface area (Å²) in [5.74, 6) is -13.5. The molecule has 0 unspecified atom stereocenters. The number of amides is 9. The van der Waals surface area contributed by atoms with Crippen LogP contribution < -0.4 is 54.8 Å². The first-order valence-electron chi connectivity index (χ1n) is 18.4. The highest BCUT2D eigenvalue weighted by molar-refractivity contribution is 5.99. The van der Waals surface area contributed by atoms with E-state index in [-0.39, 0.29) is 18.8 Å². The quantitative estimate of drug-likeness (QED) is 0.0350. The SMILES string of the molecule is CC[C@H](C)[C@H](NC(=O)[C@H](CC(N)=O)NC(=O)[C@H](CCC(N)=O)NC(=O)[C@@H](N)[C@@H](C)O)C(=O)N[C@@H](CC(=O)O)C(=O)N[C@@H](CCC(=O)O)C(=O)N[C@@H](CC(C)C)C(N)=O. The second-order valence-electron chi connectivity index (χ2n) is 14.2. The Kier molecular flexibility index (Phi) is 22.8. The Bertz CT molecular complexity index is 1520. The Hall–Kier alpha value is -5.91. The van der Waals surface area contributed by atoms with Crippen molar-refractivity contribution in [1.82, 2.24) is 31.9 Å². The Balaban J connectivity index is 6.49. The van der Waals surface area contributed by atoms with Gasteiger partial charge in [-0.1, -0.05) is 34.1 Å². The Morgan fingerprint density at radius 2 is 0.966 bits per heavy atom. The van der Waals surface area contributed by atoms with Crippen molar-refractivity contribution >= 4 is 65.1 Å². The predicted octanol–water partition coefficient (Wildman–Crippen LogP) is -5.34. The number of rotatable bonds is 28. The number of carbonyl (C=O) groups excluding carboxylic acids is 9. The number of carbonyl (C=O) groups is 11. The Labute approximate surface area is 334 Å². The lowest BCUT2D eigenvalue weighted by Gasteiger charge is -2.29. The monoisotopic (exact) mass is 830 g/mol. The van der Waals surface area contributed by atoms with E-state index in [1.54, 1.807) is 20.8 Å². The molecule has 0 fully saturated rings. The average molecular weight is 831 g/mol. The van der Waals surface area contributed by atoms with Gasteiger partial charge in [-0.05, 0) is 38.0 Å². The number of nitrogens with one attached hydrogen (secondary N) is 6. The zero-order valence-corrected chi connectivity index (χ0v) is 33.1. The molecular weight excluding hydrogens is 772 g/mol. The molecule has 328 valence electrons. The highest BCUT2D eigenvalue weighted by atomic mass is 16.4. The lowest BCUT2D eigenvalue weighted by molar-refractivity contribution is -0.142. The van der Waals surface area contributed by atoms with Crippen LogP contribution >= 0.6 is 0 Å². The third-order valence-corrected chi connectivity index (χ3v) is 8.62.